The number of guanidine groups is 1. The smallest absolute Gasteiger partial charge is 0.326 e. The highest BCUT2D eigenvalue weighted by Gasteiger charge is 2.31. The van der Waals surface area contributed by atoms with Crippen molar-refractivity contribution in [2.24, 2.45) is 33.8 Å². The lowest BCUT2D eigenvalue weighted by Gasteiger charge is -2.26. The highest BCUT2D eigenvalue weighted by Crippen LogP contribution is 2.19. The molecule has 1 aromatic carbocycles. The van der Waals surface area contributed by atoms with E-state index in [1.807, 2.05) is 38.1 Å². The molecule has 13 N–H and O–H groups in total. The number of hydrogen-bond acceptors (Lipinski definition) is 7. The number of aliphatic imine (C=N–C) groups is 1. The van der Waals surface area contributed by atoms with Crippen LogP contribution < -0.4 is 38.9 Å². The third-order valence-corrected chi connectivity index (χ3v) is 6.66. The molecule has 0 aliphatic heterocycles. The molecule has 1 heterocycles. The highest BCUT2D eigenvalue weighted by atomic mass is 16.4. The quantitative estimate of drug-likeness (QED) is 0.0571. The van der Waals surface area contributed by atoms with Gasteiger partial charge < -0.3 is 49.0 Å². The first kappa shape index (κ1) is 34.5. The Hall–Kier alpha value is -4.66. The predicted molar refractivity (Wildman–Crippen MR) is 161 cm³/mol. The molecule has 0 aliphatic carbocycles. The number of amides is 4. The third-order valence-electron chi connectivity index (χ3n) is 6.66. The molecule has 0 spiro atoms. The van der Waals surface area contributed by atoms with Gasteiger partial charge in [-0.05, 0) is 49.7 Å². The molecular weight excluding hydrogens is 558 g/mol. The molecule has 0 saturated carbocycles. The fourth-order valence-corrected chi connectivity index (χ4v) is 4.47. The molecule has 4 amide bonds. The molecule has 2 rings (SSSR count). The Morgan fingerprint density at radius 1 is 0.907 bits per heavy atom. The monoisotopic (exact) mass is 601 g/mol. The van der Waals surface area contributed by atoms with Gasteiger partial charge in [-0.1, -0.05) is 32.0 Å². The summed E-state index contributed by atoms with van der Waals surface area (Å²) in [6.45, 7) is 3.89. The second-order valence-corrected chi connectivity index (χ2v) is 10.8. The number of carboxylic acids is 1. The standard InChI is InChI=1S/C28H43N9O6/c1-15(2)12-22(37-24(39)18(29)13-16-14-34-19-7-4-3-6-17(16)19)26(41)35-20(8-5-11-33-28(31)32)25(40)36-21(27(42)43)9-10-23(30)38/h3-4,6-7,14-15,18,20-22,34H,5,8-13,29H2,1-2H3,(H2,30,38)(H,35,41)(H,36,40)(H,37,39)(H,42,43)(H4,31,32,33). The van der Waals surface area contributed by atoms with Crippen molar-refractivity contribution < 1.29 is 29.1 Å². The summed E-state index contributed by atoms with van der Waals surface area (Å²) in [6.07, 6.45) is 2.09. The number of para-hydroxylation sites is 1. The van der Waals surface area contributed by atoms with Crippen LogP contribution in [-0.4, -0.2) is 76.4 Å². The van der Waals surface area contributed by atoms with Gasteiger partial charge in [-0.2, -0.15) is 0 Å². The minimum absolute atomic E-state index is 0.0137. The molecule has 0 aliphatic rings. The molecule has 1 aromatic heterocycles. The molecule has 0 saturated heterocycles. The zero-order valence-electron chi connectivity index (χ0n) is 24.5. The number of rotatable bonds is 18. The molecule has 0 bridgehead atoms. The molecular formula is C28H43N9O6. The van der Waals surface area contributed by atoms with E-state index < -0.39 is 53.8 Å². The maximum absolute atomic E-state index is 13.4. The number of aliphatic carboxylic acids is 1. The first-order valence-electron chi connectivity index (χ1n) is 14.1. The van der Waals surface area contributed by atoms with Crippen molar-refractivity contribution in [1.82, 2.24) is 20.9 Å². The number of aromatic amines is 1. The summed E-state index contributed by atoms with van der Waals surface area (Å²) < 4.78 is 0. The number of carboxylic acid groups (broad SMARTS) is 1. The van der Waals surface area contributed by atoms with Crippen LogP contribution in [0, 0.1) is 5.92 Å². The highest BCUT2D eigenvalue weighted by molar-refractivity contribution is 5.94. The van der Waals surface area contributed by atoms with E-state index in [1.54, 1.807) is 6.20 Å². The van der Waals surface area contributed by atoms with Gasteiger partial charge in [0, 0.05) is 30.1 Å². The first-order chi connectivity index (χ1) is 20.3. The van der Waals surface area contributed by atoms with E-state index in [0.717, 1.165) is 16.5 Å². The van der Waals surface area contributed by atoms with Crippen molar-refractivity contribution in [2.75, 3.05) is 6.54 Å². The van der Waals surface area contributed by atoms with Gasteiger partial charge in [-0.25, -0.2) is 4.79 Å². The number of aromatic nitrogens is 1. The molecule has 4 atom stereocenters. The fraction of sp³-hybridized carbons (Fsp3) is 0.500. The van der Waals surface area contributed by atoms with Gasteiger partial charge in [-0.15, -0.1) is 0 Å². The summed E-state index contributed by atoms with van der Waals surface area (Å²) in [5.74, 6) is -4.23. The van der Waals surface area contributed by atoms with E-state index in [9.17, 15) is 29.1 Å². The lowest BCUT2D eigenvalue weighted by atomic mass is 10.0. The van der Waals surface area contributed by atoms with Crippen molar-refractivity contribution in [3.05, 3.63) is 36.0 Å². The normalized spacial score (nSPS) is 13.9. The largest absolute Gasteiger partial charge is 0.480 e. The van der Waals surface area contributed by atoms with E-state index in [1.165, 1.54) is 0 Å². The van der Waals surface area contributed by atoms with Crippen molar-refractivity contribution in [1.29, 1.82) is 0 Å². The number of nitrogens with one attached hydrogen (secondary N) is 4. The summed E-state index contributed by atoms with van der Waals surface area (Å²) in [5, 5.41) is 18.1. The average molecular weight is 602 g/mol. The lowest BCUT2D eigenvalue weighted by Crippen LogP contribution is -2.57. The van der Waals surface area contributed by atoms with Crippen LogP contribution >= 0.6 is 0 Å². The molecule has 0 fully saturated rings. The maximum Gasteiger partial charge on any atom is 0.326 e. The van der Waals surface area contributed by atoms with Gasteiger partial charge in [0.1, 0.15) is 18.1 Å². The van der Waals surface area contributed by atoms with Gasteiger partial charge in [0.15, 0.2) is 5.96 Å². The van der Waals surface area contributed by atoms with Crippen LogP contribution in [0.1, 0.15) is 51.5 Å². The second-order valence-electron chi connectivity index (χ2n) is 10.8. The van der Waals surface area contributed by atoms with Gasteiger partial charge in [0.2, 0.25) is 23.6 Å². The Balaban J connectivity index is 2.16. The number of fused-ring (bicyclic) bond motifs is 1. The second kappa shape index (κ2) is 16.7. The minimum Gasteiger partial charge on any atom is -0.480 e. The number of benzene rings is 1. The van der Waals surface area contributed by atoms with E-state index in [0.29, 0.717) is 0 Å². The van der Waals surface area contributed by atoms with Crippen LogP contribution in [0.3, 0.4) is 0 Å². The molecule has 15 heteroatoms. The number of carbonyl (C=O) groups is 5. The molecule has 236 valence electrons. The zero-order chi connectivity index (χ0) is 32.1. The molecule has 4 unspecified atom stereocenters. The predicted octanol–water partition coefficient (Wildman–Crippen LogP) is -1.06. The number of H-pyrrole nitrogens is 1. The van der Waals surface area contributed by atoms with Crippen LogP contribution in [0.4, 0.5) is 0 Å². The number of primary amides is 1. The van der Waals surface area contributed by atoms with E-state index in [-0.39, 0.29) is 56.9 Å². The van der Waals surface area contributed by atoms with Gasteiger partial charge in [-0.3, -0.25) is 24.2 Å². The Morgan fingerprint density at radius 3 is 2.16 bits per heavy atom. The molecule has 15 nitrogen and oxygen atoms in total. The van der Waals surface area contributed by atoms with Crippen molar-refractivity contribution in [3.63, 3.8) is 0 Å². The van der Waals surface area contributed by atoms with Gasteiger partial charge in [0.05, 0.1) is 6.04 Å². The number of hydrogen-bond donors (Lipinski definition) is 9. The van der Waals surface area contributed by atoms with Gasteiger partial charge >= 0.3 is 5.97 Å². The topological polar surface area (TPSA) is 274 Å². The van der Waals surface area contributed by atoms with Crippen LogP contribution in [0.5, 0.6) is 0 Å². The van der Waals surface area contributed by atoms with Crippen LogP contribution in [-0.2, 0) is 30.4 Å². The van der Waals surface area contributed by atoms with Crippen molar-refractivity contribution in [3.8, 4) is 0 Å². The Labute approximate surface area is 249 Å². The van der Waals surface area contributed by atoms with Gasteiger partial charge in [0.25, 0.3) is 0 Å². The summed E-state index contributed by atoms with van der Waals surface area (Å²) in [6, 6.07) is 3.02. The van der Waals surface area contributed by atoms with Crippen molar-refractivity contribution in [2.45, 2.75) is 76.5 Å². The van der Waals surface area contributed by atoms with Crippen LogP contribution in [0.15, 0.2) is 35.5 Å². The Morgan fingerprint density at radius 2 is 1.53 bits per heavy atom. The molecule has 2 aromatic rings. The Bertz CT molecular complexity index is 1300. The minimum atomic E-state index is -1.41. The maximum atomic E-state index is 13.4. The zero-order valence-corrected chi connectivity index (χ0v) is 24.5. The summed E-state index contributed by atoms with van der Waals surface area (Å²) >= 11 is 0. The number of carbonyl (C=O) groups excluding carboxylic acids is 4. The summed E-state index contributed by atoms with van der Waals surface area (Å²) in [7, 11) is 0. The van der Waals surface area contributed by atoms with E-state index in [4.69, 9.17) is 22.9 Å². The van der Waals surface area contributed by atoms with E-state index in [2.05, 4.69) is 25.9 Å². The first-order valence-corrected chi connectivity index (χ1v) is 14.1. The number of nitrogens with zero attached hydrogens (tertiary/aromatic N) is 1. The van der Waals surface area contributed by atoms with E-state index >= 15 is 0 Å². The van der Waals surface area contributed by atoms with Crippen molar-refractivity contribution >= 4 is 46.5 Å². The average Bonchev–Trinajstić information content (AvgIpc) is 3.33. The van der Waals surface area contributed by atoms with Crippen LogP contribution in [0.25, 0.3) is 10.9 Å². The van der Waals surface area contributed by atoms with Crippen LogP contribution in [0.2, 0.25) is 0 Å². The fourth-order valence-electron chi connectivity index (χ4n) is 4.47. The SMILES string of the molecule is CC(C)CC(NC(=O)C(N)Cc1c[nH]c2ccccc12)C(=O)NC(CCCN=C(N)N)C(=O)NC(CCC(N)=O)C(=O)O. The number of nitrogens with two attached hydrogens (primary N) is 4. The third kappa shape index (κ3) is 11.6. The molecule has 43 heavy (non-hydrogen) atoms. The Kier molecular flexibility index (Phi) is 13.4. The summed E-state index contributed by atoms with van der Waals surface area (Å²) in [4.78, 5) is 69.5. The summed E-state index contributed by atoms with van der Waals surface area (Å²) in [5.41, 5.74) is 23.8. The lowest BCUT2D eigenvalue weighted by molar-refractivity contribution is -0.142. The molecule has 0 radical (unpaired) electrons.